The van der Waals surface area contributed by atoms with Crippen LogP contribution in [0.25, 0.3) is 0 Å². The summed E-state index contributed by atoms with van der Waals surface area (Å²) in [4.78, 5) is 23.6. The number of hydrogen-bond acceptors (Lipinski definition) is 4. The number of nitrogens with one attached hydrogen (secondary N) is 2. The second-order valence-corrected chi connectivity index (χ2v) is 8.10. The lowest BCUT2D eigenvalue weighted by molar-refractivity contribution is -0.116. The van der Waals surface area contributed by atoms with E-state index in [1.165, 1.54) is 24.3 Å². The molecule has 0 aliphatic rings. The molecule has 0 spiro atoms. The first-order valence-corrected chi connectivity index (χ1v) is 10.0. The first kappa shape index (κ1) is 19.9. The molecule has 0 saturated carbocycles. The number of anilines is 2. The van der Waals surface area contributed by atoms with Crippen molar-refractivity contribution in [2.75, 3.05) is 16.4 Å². The summed E-state index contributed by atoms with van der Waals surface area (Å²) >= 11 is 5.75. The van der Waals surface area contributed by atoms with Crippen molar-refractivity contribution in [3.63, 3.8) is 0 Å². The number of hydrogen-bond donors (Lipinski definition) is 2. The van der Waals surface area contributed by atoms with Gasteiger partial charge in [-0.2, -0.15) is 0 Å². The van der Waals surface area contributed by atoms with Gasteiger partial charge in [0, 0.05) is 29.2 Å². The van der Waals surface area contributed by atoms with E-state index < -0.39 is 15.7 Å². The van der Waals surface area contributed by atoms with Crippen LogP contribution in [-0.2, 0) is 19.4 Å². The molecule has 0 bridgehead atoms. The van der Waals surface area contributed by atoms with Crippen LogP contribution in [-0.4, -0.2) is 26.0 Å². The van der Waals surface area contributed by atoms with Crippen LogP contribution in [0.2, 0.25) is 5.02 Å². The number of rotatable bonds is 7. The smallest absolute Gasteiger partial charge is 0.225 e. The van der Waals surface area contributed by atoms with Gasteiger partial charge in [-0.1, -0.05) is 24.6 Å². The molecule has 0 fully saturated rings. The molecule has 0 radical (unpaired) electrons. The molecular formula is C18H19ClN2O4S. The number of sulfone groups is 1. The monoisotopic (exact) mass is 394 g/mol. The molecule has 8 heteroatoms. The third-order valence-electron chi connectivity index (χ3n) is 3.52. The maximum absolute atomic E-state index is 12.2. The van der Waals surface area contributed by atoms with Gasteiger partial charge in [-0.3, -0.25) is 9.59 Å². The van der Waals surface area contributed by atoms with Crippen LogP contribution in [0.3, 0.4) is 0 Å². The highest BCUT2D eigenvalue weighted by Gasteiger charge is 2.16. The average molecular weight is 395 g/mol. The maximum atomic E-state index is 12.2. The van der Waals surface area contributed by atoms with Crippen molar-refractivity contribution in [2.45, 2.75) is 24.7 Å². The molecule has 6 nitrogen and oxygen atoms in total. The van der Waals surface area contributed by atoms with Gasteiger partial charge in [0.2, 0.25) is 11.8 Å². The molecule has 2 amide bonds. The Morgan fingerprint density at radius 1 is 0.962 bits per heavy atom. The summed E-state index contributed by atoms with van der Waals surface area (Å²) in [6.45, 7) is 1.74. The summed E-state index contributed by atoms with van der Waals surface area (Å²) in [5.74, 6) is -0.878. The highest BCUT2D eigenvalue weighted by atomic mass is 35.5. The van der Waals surface area contributed by atoms with E-state index in [9.17, 15) is 18.0 Å². The second kappa shape index (κ2) is 8.82. The number of carbonyl (C=O) groups excluding carboxylic acids is 2. The van der Waals surface area contributed by atoms with E-state index in [2.05, 4.69) is 10.6 Å². The van der Waals surface area contributed by atoms with Gasteiger partial charge in [0.1, 0.15) is 0 Å². The minimum atomic E-state index is -3.57. The zero-order valence-corrected chi connectivity index (χ0v) is 15.7. The van der Waals surface area contributed by atoms with Gasteiger partial charge < -0.3 is 10.6 Å². The van der Waals surface area contributed by atoms with Crippen LogP contribution in [0.15, 0.2) is 53.4 Å². The molecule has 2 rings (SSSR count). The lowest BCUT2D eigenvalue weighted by Gasteiger charge is -2.09. The fourth-order valence-electron chi connectivity index (χ4n) is 2.13. The molecule has 138 valence electrons. The first-order chi connectivity index (χ1) is 12.3. The van der Waals surface area contributed by atoms with Gasteiger partial charge in [0.15, 0.2) is 9.84 Å². The zero-order valence-electron chi connectivity index (χ0n) is 14.2. The quantitative estimate of drug-likeness (QED) is 0.751. The predicted octanol–water partition coefficient (Wildman–Crippen LogP) is 3.49. The molecule has 26 heavy (non-hydrogen) atoms. The first-order valence-electron chi connectivity index (χ1n) is 7.98. The normalized spacial score (nSPS) is 11.0. The van der Waals surface area contributed by atoms with Crippen molar-refractivity contribution in [3.8, 4) is 0 Å². The lowest BCUT2D eigenvalue weighted by atomic mass is 10.2. The van der Waals surface area contributed by atoms with E-state index in [1.807, 2.05) is 0 Å². The fraction of sp³-hybridized carbons (Fsp3) is 0.222. The van der Waals surface area contributed by atoms with Crippen molar-refractivity contribution < 1.29 is 18.0 Å². The van der Waals surface area contributed by atoms with E-state index in [0.717, 1.165) is 0 Å². The summed E-state index contributed by atoms with van der Waals surface area (Å²) in [7, 11) is -3.57. The predicted molar refractivity (Wildman–Crippen MR) is 102 cm³/mol. The molecular weight excluding hydrogens is 376 g/mol. The van der Waals surface area contributed by atoms with Crippen molar-refractivity contribution in [2.24, 2.45) is 0 Å². The number of amides is 2. The van der Waals surface area contributed by atoms with Gasteiger partial charge in [0.25, 0.3) is 0 Å². The summed E-state index contributed by atoms with van der Waals surface area (Å²) < 4.78 is 24.5. The highest BCUT2D eigenvalue weighted by molar-refractivity contribution is 7.91. The lowest BCUT2D eigenvalue weighted by Crippen LogP contribution is -2.17. The summed E-state index contributed by atoms with van der Waals surface area (Å²) in [6, 6.07) is 12.5. The van der Waals surface area contributed by atoms with Crippen molar-refractivity contribution in [1.29, 1.82) is 0 Å². The van der Waals surface area contributed by atoms with E-state index in [-0.39, 0.29) is 23.0 Å². The highest BCUT2D eigenvalue weighted by Crippen LogP contribution is 2.18. The van der Waals surface area contributed by atoms with Gasteiger partial charge in [0.05, 0.1) is 10.6 Å². The van der Waals surface area contributed by atoms with E-state index in [4.69, 9.17) is 11.6 Å². The molecule has 0 saturated heterocycles. The summed E-state index contributed by atoms with van der Waals surface area (Å²) in [5.41, 5.74) is 1.04. The second-order valence-electron chi connectivity index (χ2n) is 5.55. The van der Waals surface area contributed by atoms with Crippen LogP contribution in [0.1, 0.15) is 19.8 Å². The molecule has 0 heterocycles. The number of carbonyl (C=O) groups is 2. The third kappa shape index (κ3) is 5.86. The minimum absolute atomic E-state index is 0.124. The van der Waals surface area contributed by atoms with Crippen molar-refractivity contribution in [3.05, 3.63) is 53.6 Å². The molecule has 0 aromatic heterocycles. The van der Waals surface area contributed by atoms with Crippen molar-refractivity contribution >= 4 is 44.6 Å². The van der Waals surface area contributed by atoms with Crippen LogP contribution in [0.5, 0.6) is 0 Å². The van der Waals surface area contributed by atoms with Crippen LogP contribution in [0.4, 0.5) is 11.4 Å². The molecule has 2 aromatic carbocycles. The van der Waals surface area contributed by atoms with Crippen LogP contribution in [0, 0.1) is 0 Å². The molecule has 0 aliphatic heterocycles. The zero-order chi connectivity index (χ0) is 19.2. The van der Waals surface area contributed by atoms with Gasteiger partial charge in [-0.05, 0) is 42.5 Å². The Hall–Kier alpha value is -2.38. The van der Waals surface area contributed by atoms with Crippen molar-refractivity contribution in [1.82, 2.24) is 0 Å². The van der Waals surface area contributed by atoms with E-state index in [0.29, 0.717) is 22.8 Å². The van der Waals surface area contributed by atoms with Crippen LogP contribution >= 0.6 is 11.6 Å². The number of halogens is 1. The Balaban J connectivity index is 1.95. The van der Waals surface area contributed by atoms with Gasteiger partial charge in [-0.15, -0.1) is 0 Å². The van der Waals surface area contributed by atoms with E-state index >= 15 is 0 Å². The SMILES string of the molecule is CCC(=O)Nc1cccc(NC(=O)CCS(=O)(=O)c2ccc(Cl)cc2)c1. The standard InChI is InChI=1S/C18H19ClN2O4S/c1-2-17(22)20-14-4-3-5-15(12-14)21-18(23)10-11-26(24,25)16-8-6-13(19)7-9-16/h3-9,12H,2,10-11H2,1H3,(H,20,22)(H,21,23). The van der Waals surface area contributed by atoms with E-state index in [1.54, 1.807) is 31.2 Å². The Kier molecular flexibility index (Phi) is 6.76. The Morgan fingerprint density at radius 3 is 2.12 bits per heavy atom. The Labute approximate surface area is 157 Å². The minimum Gasteiger partial charge on any atom is -0.326 e. The topological polar surface area (TPSA) is 92.3 Å². The van der Waals surface area contributed by atoms with Gasteiger partial charge in [-0.25, -0.2) is 8.42 Å². The number of benzene rings is 2. The largest absolute Gasteiger partial charge is 0.326 e. The molecule has 0 atom stereocenters. The maximum Gasteiger partial charge on any atom is 0.225 e. The Bertz CT molecular complexity index is 896. The summed E-state index contributed by atoms with van der Waals surface area (Å²) in [6.07, 6.45) is 0.162. The summed E-state index contributed by atoms with van der Waals surface area (Å²) in [5, 5.41) is 5.76. The van der Waals surface area contributed by atoms with Gasteiger partial charge >= 0.3 is 0 Å². The average Bonchev–Trinajstić information content (AvgIpc) is 2.60. The Morgan fingerprint density at radius 2 is 1.54 bits per heavy atom. The van der Waals surface area contributed by atoms with Crippen LogP contribution < -0.4 is 10.6 Å². The molecule has 2 N–H and O–H groups in total. The molecule has 0 aliphatic carbocycles. The fourth-order valence-corrected chi connectivity index (χ4v) is 3.50. The third-order valence-corrected chi connectivity index (χ3v) is 5.51. The molecule has 2 aromatic rings. The molecule has 0 unspecified atom stereocenters.